The molecule has 0 bridgehead atoms. The molecule has 0 aromatic rings. The first-order chi connectivity index (χ1) is 16.7. The molecule has 0 radical (unpaired) electrons. The Morgan fingerprint density at radius 3 is 2.39 bits per heavy atom. The third-order valence-corrected chi connectivity index (χ3v) is 7.28. The van der Waals surface area contributed by atoms with Crippen molar-refractivity contribution in [2.45, 2.75) is 94.5 Å². The Morgan fingerprint density at radius 2 is 1.83 bits per heavy atom. The van der Waals surface area contributed by atoms with Gasteiger partial charge >= 0.3 is 0 Å². The van der Waals surface area contributed by atoms with Gasteiger partial charge in [0.15, 0.2) is 18.4 Å². The molecule has 0 aromatic carbocycles. The summed E-state index contributed by atoms with van der Waals surface area (Å²) < 4.78 is 22.3. The molecule has 0 amide bonds. The molecular weight excluding hydrogens is 480 g/mol. The van der Waals surface area contributed by atoms with E-state index in [1.165, 1.54) is 12.2 Å². The average Bonchev–Trinajstić information content (AvgIpc) is 3.09. The van der Waals surface area contributed by atoms with Crippen LogP contribution in [0.25, 0.3) is 0 Å². The highest BCUT2D eigenvalue weighted by Crippen LogP contribution is 2.44. The third kappa shape index (κ3) is 5.45. The number of rotatable bonds is 8. The second kappa shape index (κ2) is 10.8. The summed E-state index contributed by atoms with van der Waals surface area (Å²) in [5.74, 6) is -0.0810. The summed E-state index contributed by atoms with van der Waals surface area (Å²) in [7, 11) is 0. The summed E-state index contributed by atoms with van der Waals surface area (Å²) in [6, 6.07) is 0. The highest BCUT2D eigenvalue weighted by molar-refractivity contribution is 5.92. The van der Waals surface area contributed by atoms with E-state index in [1.807, 2.05) is 0 Å². The van der Waals surface area contributed by atoms with Gasteiger partial charge in [0.2, 0.25) is 0 Å². The first kappa shape index (κ1) is 29.3. The Kier molecular flexibility index (Phi) is 8.80. The van der Waals surface area contributed by atoms with Crippen molar-refractivity contribution in [3.05, 3.63) is 23.8 Å². The van der Waals surface area contributed by atoms with Gasteiger partial charge in [-0.15, -0.1) is 0 Å². The quantitative estimate of drug-likeness (QED) is 0.173. The van der Waals surface area contributed by atoms with Crippen molar-refractivity contribution >= 4 is 5.78 Å². The van der Waals surface area contributed by atoms with Crippen LogP contribution in [0.2, 0.25) is 0 Å². The van der Waals surface area contributed by atoms with Crippen molar-refractivity contribution in [3.63, 3.8) is 0 Å². The molecule has 0 unspecified atom stereocenters. The van der Waals surface area contributed by atoms with E-state index in [1.54, 1.807) is 33.8 Å². The zero-order valence-corrected chi connectivity index (χ0v) is 20.9. The molecule has 0 saturated carbocycles. The molecule has 0 aromatic heterocycles. The van der Waals surface area contributed by atoms with E-state index < -0.39 is 85.6 Å². The zero-order valence-electron chi connectivity index (χ0n) is 20.9. The zero-order chi connectivity index (χ0) is 27.1. The van der Waals surface area contributed by atoms with Crippen LogP contribution in [0.4, 0.5) is 0 Å². The van der Waals surface area contributed by atoms with E-state index >= 15 is 0 Å². The smallest absolute Gasteiger partial charge is 0.187 e. The number of ether oxygens (including phenoxy) is 4. The summed E-state index contributed by atoms with van der Waals surface area (Å²) >= 11 is 0. The minimum Gasteiger partial charge on any atom is -0.394 e. The van der Waals surface area contributed by atoms with Crippen LogP contribution in [0.1, 0.15) is 34.1 Å². The van der Waals surface area contributed by atoms with Crippen molar-refractivity contribution in [3.8, 4) is 0 Å². The maximum Gasteiger partial charge on any atom is 0.187 e. The lowest BCUT2D eigenvalue weighted by atomic mass is 9.64. The number of allylic oxidation sites excluding steroid dienone is 1. The van der Waals surface area contributed by atoms with Crippen LogP contribution in [-0.2, 0) is 23.7 Å². The minimum absolute atomic E-state index is 0.0810. The molecule has 3 rings (SSSR count). The lowest BCUT2D eigenvalue weighted by Crippen LogP contribution is -2.62. The molecule has 2 saturated heterocycles. The van der Waals surface area contributed by atoms with Crippen molar-refractivity contribution in [1.29, 1.82) is 0 Å². The maximum atomic E-state index is 12.0. The number of hydrogen-bond donors (Lipinski definition) is 7. The van der Waals surface area contributed by atoms with Crippen molar-refractivity contribution in [2.75, 3.05) is 19.8 Å². The molecule has 2 heterocycles. The fourth-order valence-electron chi connectivity index (χ4n) is 4.77. The molecule has 0 spiro atoms. The third-order valence-electron chi connectivity index (χ3n) is 7.28. The van der Waals surface area contributed by atoms with Crippen LogP contribution >= 0.6 is 0 Å². The SMILES string of the molecule is CC1=CC(=O)CC(C)(C)[C@@]1(O)/C=C/[C@@H](C)O[C@@H]1O[C@H](CO)[C@@H](O)[C@H](O)[C@H]1O[C@@H]1OC[C@](O)(CO)[C@H]1O. The van der Waals surface area contributed by atoms with Crippen LogP contribution in [0.15, 0.2) is 23.8 Å². The lowest BCUT2D eigenvalue weighted by molar-refractivity contribution is -0.339. The van der Waals surface area contributed by atoms with E-state index in [9.17, 15) is 40.5 Å². The molecule has 206 valence electrons. The topological polar surface area (TPSA) is 196 Å². The fourth-order valence-corrected chi connectivity index (χ4v) is 4.77. The lowest BCUT2D eigenvalue weighted by Gasteiger charge is -2.44. The number of aliphatic hydroxyl groups excluding tert-OH is 5. The second-order valence-corrected chi connectivity index (χ2v) is 10.5. The molecule has 2 fully saturated rings. The van der Waals surface area contributed by atoms with Gasteiger partial charge in [0.1, 0.15) is 41.7 Å². The van der Waals surface area contributed by atoms with Gasteiger partial charge in [-0.1, -0.05) is 19.9 Å². The molecule has 12 heteroatoms. The molecule has 1 aliphatic carbocycles. The summed E-state index contributed by atoms with van der Waals surface area (Å²) in [5.41, 5.74) is -3.71. The maximum absolute atomic E-state index is 12.0. The van der Waals surface area contributed by atoms with Gasteiger partial charge in [0.25, 0.3) is 0 Å². The Bertz CT molecular complexity index is 858. The number of hydrogen-bond acceptors (Lipinski definition) is 12. The van der Waals surface area contributed by atoms with Gasteiger partial charge in [-0.25, -0.2) is 0 Å². The summed E-state index contributed by atoms with van der Waals surface area (Å²) in [4.78, 5) is 12.0. The molecule has 36 heavy (non-hydrogen) atoms. The number of aliphatic hydroxyl groups is 7. The minimum atomic E-state index is -1.97. The first-order valence-corrected chi connectivity index (χ1v) is 11.9. The van der Waals surface area contributed by atoms with Crippen LogP contribution in [0.5, 0.6) is 0 Å². The Morgan fingerprint density at radius 1 is 1.17 bits per heavy atom. The molecule has 2 aliphatic heterocycles. The summed E-state index contributed by atoms with van der Waals surface area (Å²) in [5, 5.41) is 71.7. The van der Waals surface area contributed by atoms with Gasteiger partial charge in [-0.3, -0.25) is 4.79 Å². The highest BCUT2D eigenvalue weighted by Gasteiger charge is 2.53. The van der Waals surface area contributed by atoms with E-state index in [4.69, 9.17) is 18.9 Å². The summed E-state index contributed by atoms with van der Waals surface area (Å²) in [6.45, 7) is 4.96. The van der Waals surface area contributed by atoms with Gasteiger partial charge in [0.05, 0.1) is 25.9 Å². The molecule has 3 aliphatic rings. The van der Waals surface area contributed by atoms with Crippen LogP contribution in [-0.4, -0.2) is 122 Å². The average molecular weight is 519 g/mol. The van der Waals surface area contributed by atoms with E-state index in [0.29, 0.717) is 5.57 Å². The Labute approximate surface area is 209 Å². The monoisotopic (exact) mass is 518 g/mol. The van der Waals surface area contributed by atoms with E-state index in [2.05, 4.69) is 0 Å². The standard InChI is InChI=1S/C24H38O12/c1-12-7-14(27)8-22(3,4)24(12,32)6-5-13(2)34-20-18(17(29)16(28)15(9-25)35-20)36-21-19(30)23(31,10-26)11-33-21/h5-7,13,15-21,25-26,28-32H,8-11H2,1-4H3/b6-5+/t13-,15-,16-,17+,18-,19+,20-,21+,23-,24-/m1/s1. The van der Waals surface area contributed by atoms with Gasteiger partial charge < -0.3 is 54.7 Å². The summed E-state index contributed by atoms with van der Waals surface area (Å²) in [6.07, 6.45) is -6.47. The predicted molar refractivity (Wildman–Crippen MR) is 122 cm³/mol. The molecular formula is C24H38O12. The molecule has 12 nitrogen and oxygen atoms in total. The Balaban J connectivity index is 1.78. The van der Waals surface area contributed by atoms with Crippen LogP contribution in [0.3, 0.4) is 0 Å². The van der Waals surface area contributed by atoms with Gasteiger partial charge in [-0.05, 0) is 31.6 Å². The normalized spacial score (nSPS) is 44.1. The molecule has 7 N–H and O–H groups in total. The van der Waals surface area contributed by atoms with E-state index in [0.717, 1.165) is 0 Å². The second-order valence-electron chi connectivity index (χ2n) is 10.5. The van der Waals surface area contributed by atoms with Crippen LogP contribution in [0, 0.1) is 5.41 Å². The largest absolute Gasteiger partial charge is 0.394 e. The Hall–Kier alpha value is -1.29. The van der Waals surface area contributed by atoms with Crippen molar-refractivity contribution < 1.29 is 59.5 Å². The van der Waals surface area contributed by atoms with Crippen LogP contribution < -0.4 is 0 Å². The van der Waals surface area contributed by atoms with Crippen molar-refractivity contribution in [2.24, 2.45) is 5.41 Å². The van der Waals surface area contributed by atoms with Gasteiger partial charge in [0, 0.05) is 11.8 Å². The number of ketones is 1. The van der Waals surface area contributed by atoms with Gasteiger partial charge in [-0.2, -0.15) is 0 Å². The predicted octanol–water partition coefficient (Wildman–Crippen LogP) is -2.11. The van der Waals surface area contributed by atoms with Crippen molar-refractivity contribution in [1.82, 2.24) is 0 Å². The van der Waals surface area contributed by atoms with E-state index in [-0.39, 0.29) is 12.2 Å². The fraction of sp³-hybridized carbons (Fsp3) is 0.792. The molecule has 10 atom stereocenters. The number of carbonyl (C=O) groups excluding carboxylic acids is 1. The highest BCUT2D eigenvalue weighted by atomic mass is 16.8. The first-order valence-electron chi connectivity index (χ1n) is 11.9. The number of carbonyl (C=O) groups is 1.